The third-order valence-electron chi connectivity index (χ3n) is 5.16. The zero-order chi connectivity index (χ0) is 23.0. The second-order valence-electron chi connectivity index (χ2n) is 7.20. The van der Waals surface area contributed by atoms with Crippen LogP contribution in [0.25, 0.3) is 0 Å². The average Bonchev–Trinajstić information content (AvgIpc) is 3.19. The standard InChI is InChI=1S/C21H17ClF4N4O2/c1-32-13-4-2-3-11(7-13)17-9-18(21(24,25)26)30-19(29-17)14(10-27-30)20(31)28-12-5-6-16(23)15(22)8-12/h2-8,10,17-18,29H,9H2,1H3,(H,28,31)/t17-,18+/m1/s1. The number of nitrogens with one attached hydrogen (secondary N) is 2. The van der Waals surface area contributed by atoms with Crippen LogP contribution in [0.2, 0.25) is 5.02 Å². The Balaban J connectivity index is 1.69. The number of ether oxygens (including phenoxy) is 1. The summed E-state index contributed by atoms with van der Waals surface area (Å²) in [4.78, 5) is 12.8. The summed E-state index contributed by atoms with van der Waals surface area (Å²) < 4.78 is 60.8. The quantitative estimate of drug-likeness (QED) is 0.489. The Morgan fingerprint density at radius 3 is 2.75 bits per heavy atom. The number of amides is 1. The molecule has 0 aliphatic carbocycles. The fourth-order valence-electron chi connectivity index (χ4n) is 3.58. The number of alkyl halides is 3. The number of aromatic nitrogens is 2. The van der Waals surface area contributed by atoms with E-state index in [-0.39, 0.29) is 28.5 Å². The van der Waals surface area contributed by atoms with Gasteiger partial charge in [0.15, 0.2) is 6.04 Å². The summed E-state index contributed by atoms with van der Waals surface area (Å²) in [5.41, 5.74) is 0.670. The normalized spacial score (nSPS) is 17.9. The van der Waals surface area contributed by atoms with Crippen molar-refractivity contribution in [3.63, 3.8) is 0 Å². The molecule has 2 atom stereocenters. The minimum absolute atomic E-state index is 0.0721. The smallest absolute Gasteiger partial charge is 0.410 e. The summed E-state index contributed by atoms with van der Waals surface area (Å²) in [7, 11) is 1.46. The molecule has 3 aromatic rings. The summed E-state index contributed by atoms with van der Waals surface area (Å²) in [5, 5.41) is 9.13. The first-order valence-corrected chi connectivity index (χ1v) is 9.86. The average molecular weight is 469 g/mol. The highest BCUT2D eigenvalue weighted by atomic mass is 35.5. The second kappa shape index (κ2) is 8.34. The van der Waals surface area contributed by atoms with Crippen LogP contribution in [0.3, 0.4) is 0 Å². The van der Waals surface area contributed by atoms with Gasteiger partial charge in [0.25, 0.3) is 5.91 Å². The van der Waals surface area contributed by atoms with E-state index in [2.05, 4.69) is 15.7 Å². The highest BCUT2D eigenvalue weighted by Crippen LogP contribution is 2.44. The number of benzene rings is 2. The number of hydrogen-bond donors (Lipinski definition) is 2. The van der Waals surface area contributed by atoms with Gasteiger partial charge in [-0.05, 0) is 35.9 Å². The molecule has 0 saturated carbocycles. The highest BCUT2D eigenvalue weighted by molar-refractivity contribution is 6.31. The summed E-state index contributed by atoms with van der Waals surface area (Å²) in [6, 6.07) is 7.57. The maximum atomic E-state index is 13.8. The first-order chi connectivity index (χ1) is 15.2. The Bertz CT molecular complexity index is 1160. The Morgan fingerprint density at radius 2 is 2.06 bits per heavy atom. The van der Waals surface area contributed by atoms with E-state index in [0.717, 1.165) is 16.9 Å². The molecule has 1 amide bonds. The molecule has 2 aromatic carbocycles. The van der Waals surface area contributed by atoms with Crippen molar-refractivity contribution in [1.29, 1.82) is 0 Å². The predicted molar refractivity (Wildman–Crippen MR) is 111 cm³/mol. The fourth-order valence-corrected chi connectivity index (χ4v) is 3.76. The van der Waals surface area contributed by atoms with E-state index >= 15 is 0 Å². The van der Waals surface area contributed by atoms with E-state index in [4.69, 9.17) is 16.3 Å². The van der Waals surface area contributed by atoms with Crippen molar-refractivity contribution in [3.8, 4) is 5.75 Å². The van der Waals surface area contributed by atoms with Gasteiger partial charge in [-0.25, -0.2) is 9.07 Å². The first-order valence-electron chi connectivity index (χ1n) is 9.48. The molecule has 4 rings (SSSR count). The zero-order valence-electron chi connectivity index (χ0n) is 16.6. The van der Waals surface area contributed by atoms with Crippen molar-refractivity contribution in [3.05, 3.63) is 70.6 Å². The van der Waals surface area contributed by atoms with Gasteiger partial charge in [-0.15, -0.1) is 0 Å². The number of anilines is 2. The summed E-state index contributed by atoms with van der Waals surface area (Å²) >= 11 is 5.73. The summed E-state index contributed by atoms with van der Waals surface area (Å²) in [6.07, 6.45) is -3.84. The van der Waals surface area contributed by atoms with Gasteiger partial charge >= 0.3 is 6.18 Å². The molecule has 0 fully saturated rings. The van der Waals surface area contributed by atoms with Crippen molar-refractivity contribution in [2.24, 2.45) is 0 Å². The molecule has 0 spiro atoms. The largest absolute Gasteiger partial charge is 0.497 e. The lowest BCUT2D eigenvalue weighted by Gasteiger charge is -2.34. The predicted octanol–water partition coefficient (Wildman–Crippen LogP) is 5.60. The maximum Gasteiger partial charge on any atom is 0.410 e. The number of nitrogens with zero attached hydrogens (tertiary/aromatic N) is 2. The van der Waals surface area contributed by atoms with E-state index in [9.17, 15) is 22.4 Å². The van der Waals surface area contributed by atoms with Crippen LogP contribution in [0.15, 0.2) is 48.7 Å². The summed E-state index contributed by atoms with van der Waals surface area (Å²) in [5.74, 6) is -0.952. The van der Waals surface area contributed by atoms with Crippen LogP contribution in [-0.4, -0.2) is 29.0 Å². The second-order valence-corrected chi connectivity index (χ2v) is 7.61. The third-order valence-corrected chi connectivity index (χ3v) is 5.45. The van der Waals surface area contributed by atoms with E-state index in [1.54, 1.807) is 24.3 Å². The number of fused-ring (bicyclic) bond motifs is 1. The number of carbonyl (C=O) groups is 1. The minimum atomic E-state index is -4.59. The molecule has 0 radical (unpaired) electrons. The topological polar surface area (TPSA) is 68.2 Å². The number of carbonyl (C=O) groups excluding carboxylic acids is 1. The molecular weight excluding hydrogens is 452 g/mol. The lowest BCUT2D eigenvalue weighted by Crippen LogP contribution is -2.36. The Labute approximate surface area is 185 Å². The van der Waals surface area contributed by atoms with Crippen LogP contribution in [0.5, 0.6) is 5.75 Å². The Kier molecular flexibility index (Phi) is 5.72. The molecule has 32 heavy (non-hydrogen) atoms. The Morgan fingerprint density at radius 1 is 1.28 bits per heavy atom. The van der Waals surface area contributed by atoms with Gasteiger partial charge < -0.3 is 15.4 Å². The molecule has 2 heterocycles. The maximum absolute atomic E-state index is 13.8. The number of rotatable bonds is 4. The van der Waals surface area contributed by atoms with Gasteiger partial charge in [-0.1, -0.05) is 23.7 Å². The van der Waals surface area contributed by atoms with E-state index < -0.39 is 30.0 Å². The lowest BCUT2D eigenvalue weighted by atomic mass is 9.96. The van der Waals surface area contributed by atoms with Gasteiger partial charge in [0, 0.05) is 12.1 Å². The molecular formula is C21H17ClF4N4O2. The number of hydrogen-bond acceptors (Lipinski definition) is 4. The highest BCUT2D eigenvalue weighted by Gasteiger charge is 2.47. The van der Waals surface area contributed by atoms with Gasteiger partial charge in [0.2, 0.25) is 0 Å². The molecule has 168 valence electrons. The molecule has 1 aliphatic heterocycles. The van der Waals surface area contributed by atoms with Gasteiger partial charge in [-0.2, -0.15) is 18.3 Å². The number of methoxy groups -OCH3 is 1. The molecule has 0 saturated heterocycles. The SMILES string of the molecule is COc1cccc([C@H]2C[C@@H](C(F)(F)F)n3ncc(C(=O)Nc4ccc(F)c(Cl)c4)c3N2)c1. The van der Waals surface area contributed by atoms with E-state index in [1.165, 1.54) is 19.2 Å². The molecule has 1 aliphatic rings. The molecule has 2 N–H and O–H groups in total. The van der Waals surface area contributed by atoms with Crippen LogP contribution < -0.4 is 15.4 Å². The lowest BCUT2D eigenvalue weighted by molar-refractivity contribution is -0.173. The van der Waals surface area contributed by atoms with Crippen molar-refractivity contribution < 1.29 is 27.1 Å². The molecule has 6 nitrogen and oxygen atoms in total. The van der Waals surface area contributed by atoms with Gasteiger partial charge in [0.05, 0.1) is 24.4 Å². The van der Waals surface area contributed by atoms with Crippen LogP contribution >= 0.6 is 11.6 Å². The van der Waals surface area contributed by atoms with Crippen LogP contribution in [0.1, 0.15) is 34.4 Å². The van der Waals surface area contributed by atoms with E-state index in [1.807, 2.05) is 0 Å². The number of halogens is 5. The minimum Gasteiger partial charge on any atom is -0.497 e. The van der Waals surface area contributed by atoms with Gasteiger partial charge in [0.1, 0.15) is 22.9 Å². The molecule has 1 aromatic heterocycles. The first kappa shape index (κ1) is 21.9. The zero-order valence-corrected chi connectivity index (χ0v) is 17.3. The summed E-state index contributed by atoms with van der Waals surface area (Å²) in [6.45, 7) is 0. The molecule has 0 bridgehead atoms. The van der Waals surface area contributed by atoms with Crippen molar-refractivity contribution in [1.82, 2.24) is 9.78 Å². The fraction of sp³-hybridized carbons (Fsp3) is 0.238. The Hall–Kier alpha value is -3.27. The monoisotopic (exact) mass is 468 g/mol. The van der Waals surface area contributed by atoms with Crippen molar-refractivity contribution >= 4 is 29.0 Å². The van der Waals surface area contributed by atoms with Crippen LogP contribution in [-0.2, 0) is 0 Å². The molecule has 11 heteroatoms. The van der Waals surface area contributed by atoms with Crippen LogP contribution in [0.4, 0.5) is 29.1 Å². The van der Waals surface area contributed by atoms with Crippen molar-refractivity contribution in [2.45, 2.75) is 24.7 Å². The third kappa shape index (κ3) is 4.22. The van der Waals surface area contributed by atoms with E-state index in [0.29, 0.717) is 11.3 Å². The molecule has 0 unspecified atom stereocenters. The van der Waals surface area contributed by atoms with Crippen molar-refractivity contribution in [2.75, 3.05) is 17.7 Å². The van der Waals surface area contributed by atoms with Crippen LogP contribution in [0, 0.1) is 5.82 Å². The van der Waals surface area contributed by atoms with Gasteiger partial charge in [-0.3, -0.25) is 4.79 Å².